The molecule has 3 aromatic rings. The Morgan fingerprint density at radius 3 is 2.54 bits per heavy atom. The van der Waals surface area contributed by atoms with Crippen LogP contribution in [0.2, 0.25) is 0 Å². The van der Waals surface area contributed by atoms with Gasteiger partial charge in [0.15, 0.2) is 5.78 Å². The summed E-state index contributed by atoms with van der Waals surface area (Å²) in [4.78, 5) is 14.7. The number of thioether (sulfide) groups is 1. The van der Waals surface area contributed by atoms with E-state index in [1.165, 1.54) is 6.07 Å². The minimum atomic E-state index is -0.0755. The van der Waals surface area contributed by atoms with Gasteiger partial charge >= 0.3 is 0 Å². The molecule has 1 atom stereocenters. The summed E-state index contributed by atoms with van der Waals surface area (Å²) in [5, 5.41) is 11.9. The first-order valence-electron chi connectivity index (χ1n) is 7.51. The molecule has 24 heavy (non-hydrogen) atoms. The van der Waals surface area contributed by atoms with Crippen molar-refractivity contribution in [2.75, 3.05) is 5.73 Å². The van der Waals surface area contributed by atoms with Crippen molar-refractivity contribution < 1.29 is 9.90 Å². The minimum Gasteiger partial charge on any atom is -0.507 e. The van der Waals surface area contributed by atoms with E-state index < -0.39 is 0 Å². The van der Waals surface area contributed by atoms with Crippen molar-refractivity contribution in [1.82, 2.24) is 0 Å². The quantitative estimate of drug-likeness (QED) is 0.365. The van der Waals surface area contributed by atoms with E-state index in [4.69, 9.17) is 5.73 Å². The lowest BCUT2D eigenvalue weighted by atomic mass is 10.0. The molecule has 1 heterocycles. The normalized spacial score (nSPS) is 12.0. The molecule has 2 aromatic carbocycles. The Kier molecular flexibility index (Phi) is 5.23. The fourth-order valence-corrected chi connectivity index (χ4v) is 4.52. The molecule has 3 N–H and O–H groups in total. The highest BCUT2D eigenvalue weighted by molar-refractivity contribution is 7.99. The number of para-hydroxylation sites is 2. The largest absolute Gasteiger partial charge is 0.507 e. The van der Waals surface area contributed by atoms with Crippen molar-refractivity contribution >= 4 is 34.6 Å². The number of nitrogens with two attached hydrogens (primary N) is 1. The zero-order valence-corrected chi connectivity index (χ0v) is 14.5. The van der Waals surface area contributed by atoms with Gasteiger partial charge in [-0.1, -0.05) is 30.3 Å². The smallest absolute Gasteiger partial charge is 0.168 e. The number of anilines is 1. The number of carbonyl (C=O) groups excluding carboxylic acids is 1. The van der Waals surface area contributed by atoms with E-state index in [1.54, 1.807) is 41.3 Å². The van der Waals surface area contributed by atoms with Gasteiger partial charge in [0.25, 0.3) is 0 Å². The zero-order valence-electron chi connectivity index (χ0n) is 12.9. The highest BCUT2D eigenvalue weighted by Crippen LogP contribution is 2.42. The summed E-state index contributed by atoms with van der Waals surface area (Å²) < 4.78 is 0. The number of carbonyl (C=O) groups is 1. The van der Waals surface area contributed by atoms with Crippen LogP contribution in [0.3, 0.4) is 0 Å². The number of thiophene rings is 1. The van der Waals surface area contributed by atoms with Crippen LogP contribution in [0.1, 0.15) is 26.9 Å². The van der Waals surface area contributed by atoms with Crippen LogP contribution in [0.25, 0.3) is 0 Å². The monoisotopic (exact) mass is 355 g/mol. The third-order valence-corrected chi connectivity index (χ3v) is 6.09. The predicted octanol–water partition coefficient (Wildman–Crippen LogP) is 5.14. The van der Waals surface area contributed by atoms with E-state index in [1.807, 2.05) is 41.8 Å². The van der Waals surface area contributed by atoms with Crippen LogP contribution in [-0.4, -0.2) is 10.9 Å². The molecule has 0 aliphatic carbocycles. The fourth-order valence-electron chi connectivity index (χ4n) is 2.40. The summed E-state index contributed by atoms with van der Waals surface area (Å²) in [5.74, 6) is -0.0508. The molecule has 3 rings (SSSR count). The zero-order chi connectivity index (χ0) is 16.9. The summed E-state index contributed by atoms with van der Waals surface area (Å²) in [7, 11) is 0. The van der Waals surface area contributed by atoms with Crippen molar-refractivity contribution in [3.8, 4) is 5.75 Å². The molecule has 0 aliphatic heterocycles. The minimum absolute atomic E-state index is 0.0247. The van der Waals surface area contributed by atoms with Crippen molar-refractivity contribution in [2.45, 2.75) is 16.6 Å². The Labute approximate surface area is 149 Å². The number of aromatic hydroxyl groups is 1. The van der Waals surface area contributed by atoms with Crippen LogP contribution in [0.15, 0.2) is 70.9 Å². The van der Waals surface area contributed by atoms with E-state index >= 15 is 0 Å². The van der Waals surface area contributed by atoms with Gasteiger partial charge in [0.2, 0.25) is 0 Å². The summed E-state index contributed by atoms with van der Waals surface area (Å²) in [6, 6.07) is 18.3. The molecule has 3 nitrogen and oxygen atoms in total. The number of phenolic OH excluding ortho intramolecular Hbond substituents is 1. The summed E-state index contributed by atoms with van der Waals surface area (Å²) >= 11 is 3.21. The summed E-state index contributed by atoms with van der Waals surface area (Å²) in [6.07, 6.45) is 0.303. The second-order valence-electron chi connectivity index (χ2n) is 5.30. The van der Waals surface area contributed by atoms with Crippen LogP contribution < -0.4 is 5.73 Å². The van der Waals surface area contributed by atoms with Crippen molar-refractivity contribution in [2.24, 2.45) is 0 Å². The number of nitrogen functional groups attached to an aromatic ring is 1. The lowest BCUT2D eigenvalue weighted by Gasteiger charge is -2.16. The topological polar surface area (TPSA) is 63.3 Å². The van der Waals surface area contributed by atoms with Gasteiger partial charge in [-0.05, 0) is 35.7 Å². The van der Waals surface area contributed by atoms with Crippen LogP contribution >= 0.6 is 23.1 Å². The van der Waals surface area contributed by atoms with E-state index in [0.717, 1.165) is 9.77 Å². The predicted molar refractivity (Wildman–Crippen MR) is 101 cm³/mol. The number of Topliss-reactive ketones (excluding diaryl/α,β-unsaturated/α-hetero) is 1. The van der Waals surface area contributed by atoms with E-state index in [2.05, 4.69) is 0 Å². The van der Waals surface area contributed by atoms with Gasteiger partial charge < -0.3 is 10.8 Å². The molecule has 0 aliphatic rings. The molecule has 0 bridgehead atoms. The van der Waals surface area contributed by atoms with Gasteiger partial charge in [-0.2, -0.15) is 0 Å². The van der Waals surface area contributed by atoms with E-state index in [9.17, 15) is 9.90 Å². The first kappa shape index (κ1) is 16.6. The molecule has 122 valence electrons. The molecule has 0 unspecified atom stereocenters. The number of benzene rings is 2. The molecule has 0 saturated heterocycles. The summed E-state index contributed by atoms with van der Waals surface area (Å²) in [6.45, 7) is 0. The Bertz CT molecular complexity index is 831. The first-order valence-corrected chi connectivity index (χ1v) is 9.27. The maximum Gasteiger partial charge on any atom is 0.168 e. The van der Waals surface area contributed by atoms with Gasteiger partial charge in [0.05, 0.1) is 10.8 Å². The third-order valence-electron chi connectivity index (χ3n) is 3.62. The molecule has 0 amide bonds. The number of rotatable bonds is 6. The standard InChI is InChI=1S/C19H17NO2S2/c20-14-7-2-4-9-17(14)24-19(18-10-5-11-23-18)12-16(22)13-6-1-3-8-15(13)21/h1-11,19,21H,12,20H2/t19-/m1/s1. The lowest BCUT2D eigenvalue weighted by molar-refractivity contribution is 0.0979. The fraction of sp³-hybridized carbons (Fsp3) is 0.105. The Hall–Kier alpha value is -2.24. The van der Waals surface area contributed by atoms with Gasteiger partial charge in [-0.3, -0.25) is 4.79 Å². The van der Waals surface area contributed by atoms with Gasteiger partial charge in [0.1, 0.15) is 5.75 Å². The van der Waals surface area contributed by atoms with Gasteiger partial charge in [-0.15, -0.1) is 23.1 Å². The number of hydrogen-bond donors (Lipinski definition) is 2. The van der Waals surface area contributed by atoms with Crippen molar-refractivity contribution in [3.63, 3.8) is 0 Å². The highest BCUT2D eigenvalue weighted by Gasteiger charge is 2.21. The molecular formula is C19H17NO2S2. The lowest BCUT2D eigenvalue weighted by Crippen LogP contribution is -2.05. The maximum atomic E-state index is 12.6. The Morgan fingerprint density at radius 1 is 1.08 bits per heavy atom. The maximum absolute atomic E-state index is 12.6. The second kappa shape index (κ2) is 7.55. The Morgan fingerprint density at radius 2 is 1.83 bits per heavy atom. The van der Waals surface area contributed by atoms with Crippen LogP contribution in [0.4, 0.5) is 5.69 Å². The van der Waals surface area contributed by atoms with Gasteiger partial charge in [-0.25, -0.2) is 0 Å². The molecule has 1 aromatic heterocycles. The average Bonchev–Trinajstić information content (AvgIpc) is 3.11. The van der Waals surface area contributed by atoms with Crippen molar-refractivity contribution in [1.29, 1.82) is 0 Å². The molecular weight excluding hydrogens is 338 g/mol. The highest BCUT2D eigenvalue weighted by atomic mass is 32.2. The van der Waals surface area contributed by atoms with E-state index in [0.29, 0.717) is 17.7 Å². The molecule has 0 saturated carbocycles. The number of hydrogen-bond acceptors (Lipinski definition) is 5. The first-order chi connectivity index (χ1) is 11.6. The molecule has 0 spiro atoms. The molecule has 0 fully saturated rings. The van der Waals surface area contributed by atoms with Crippen LogP contribution in [0, 0.1) is 0 Å². The SMILES string of the molecule is Nc1ccccc1S[C@H](CC(=O)c1ccccc1O)c1cccs1. The molecule has 5 heteroatoms. The molecule has 0 radical (unpaired) electrons. The van der Waals surface area contributed by atoms with Crippen LogP contribution in [0.5, 0.6) is 5.75 Å². The third kappa shape index (κ3) is 3.80. The Balaban J connectivity index is 1.85. The van der Waals surface area contributed by atoms with E-state index in [-0.39, 0.29) is 16.8 Å². The average molecular weight is 355 g/mol. The second-order valence-corrected chi connectivity index (χ2v) is 7.53. The number of phenols is 1. The van der Waals surface area contributed by atoms with Crippen molar-refractivity contribution in [3.05, 3.63) is 76.5 Å². The number of ketones is 1. The van der Waals surface area contributed by atoms with Crippen LogP contribution in [-0.2, 0) is 0 Å². The summed E-state index contributed by atoms with van der Waals surface area (Å²) in [5.41, 5.74) is 7.12. The van der Waals surface area contributed by atoms with Gasteiger partial charge in [0, 0.05) is 21.9 Å².